The van der Waals surface area contributed by atoms with Crippen molar-refractivity contribution in [2.75, 3.05) is 20.0 Å². The van der Waals surface area contributed by atoms with Gasteiger partial charge in [0.15, 0.2) is 0 Å². The maximum atomic E-state index is 3.01. The maximum absolute atomic E-state index is 3.01. The minimum atomic E-state index is 0.956. The van der Waals surface area contributed by atoms with E-state index in [0.717, 1.165) is 5.88 Å². The first-order valence-electron chi connectivity index (χ1n) is 2.75. The van der Waals surface area contributed by atoms with Gasteiger partial charge in [-0.1, -0.05) is 0 Å². The monoisotopic (exact) mass is 147 g/mol. The zero-order valence-corrected chi connectivity index (χ0v) is 6.40. The summed E-state index contributed by atoms with van der Waals surface area (Å²) in [4.78, 5) is 0. The molecule has 0 aromatic rings. The third-order valence-electron chi connectivity index (χ3n) is 1.12. The summed E-state index contributed by atoms with van der Waals surface area (Å²) >= 11 is 1.74. The Kier molecular flexibility index (Phi) is 2.74. The lowest BCUT2D eigenvalue weighted by atomic mass is 11.2. The molecule has 0 aliphatic carbocycles. The zero-order chi connectivity index (χ0) is 6.69. The summed E-state index contributed by atoms with van der Waals surface area (Å²) in [7, 11) is 3.77. The van der Waals surface area contributed by atoms with E-state index in [1.54, 1.807) is 11.8 Å². The van der Waals surface area contributed by atoms with E-state index in [9.17, 15) is 0 Å². The van der Waals surface area contributed by atoms with Crippen LogP contribution < -0.4 is 10.9 Å². The Morgan fingerprint density at radius 1 is 1.44 bits per heavy atom. The van der Waals surface area contributed by atoms with Crippen molar-refractivity contribution in [3.05, 3.63) is 5.88 Å². The summed E-state index contributed by atoms with van der Waals surface area (Å²) in [6, 6.07) is 0. The largest absolute Gasteiger partial charge is 0.242 e. The summed E-state index contributed by atoms with van der Waals surface area (Å²) < 4.78 is 0. The van der Waals surface area contributed by atoms with Crippen molar-refractivity contribution in [3.8, 4) is 0 Å². The van der Waals surface area contributed by atoms with Gasteiger partial charge in [-0.3, -0.25) is 0 Å². The molecule has 0 spiro atoms. The highest BCUT2D eigenvalue weighted by molar-refractivity contribution is 8.01. The first-order valence-corrected chi connectivity index (χ1v) is 3.79. The number of thioether (sulfide) groups is 1. The molecule has 0 unspecified atom stereocenters. The molecule has 2 N–H and O–H groups in total. The lowest BCUT2D eigenvalue weighted by Gasteiger charge is -2.23. The molecule has 4 nitrogen and oxygen atoms in total. The summed E-state index contributed by atoms with van der Waals surface area (Å²) in [5.74, 6) is 2.97. The van der Waals surface area contributed by atoms with Crippen molar-refractivity contribution in [1.82, 2.24) is 21.1 Å². The number of hydrogen-bond donors (Lipinski definition) is 2. The number of hydrazine groups is 3. The van der Waals surface area contributed by atoms with Crippen LogP contribution in [0.2, 0.25) is 0 Å². The van der Waals surface area contributed by atoms with Crippen LogP contribution in [0.4, 0.5) is 0 Å². The predicted octanol–water partition coefficient (Wildman–Crippen LogP) is -0.402. The quantitative estimate of drug-likeness (QED) is 0.555. The first kappa shape index (κ1) is 7.30. The molecule has 0 atom stereocenters. The van der Waals surface area contributed by atoms with E-state index in [2.05, 4.69) is 10.9 Å². The van der Waals surface area contributed by atoms with Crippen molar-refractivity contribution in [3.63, 3.8) is 0 Å². The van der Waals surface area contributed by atoms with Gasteiger partial charge in [0.1, 0.15) is 5.88 Å². The average Bonchev–Trinajstić information content (AvgIpc) is 2.33. The Bertz CT molecular complexity index is 78.6. The SMILES string of the molecule is CNN1[CH]SCN1NC. The van der Waals surface area contributed by atoms with Crippen molar-refractivity contribution in [1.29, 1.82) is 0 Å². The molecule has 0 bridgehead atoms. The normalized spacial score (nSPS) is 23.3. The second kappa shape index (κ2) is 3.38. The minimum Gasteiger partial charge on any atom is -0.242 e. The van der Waals surface area contributed by atoms with E-state index in [4.69, 9.17) is 0 Å². The zero-order valence-electron chi connectivity index (χ0n) is 5.59. The van der Waals surface area contributed by atoms with E-state index in [1.807, 2.05) is 30.2 Å². The van der Waals surface area contributed by atoms with Crippen molar-refractivity contribution in [2.45, 2.75) is 0 Å². The average molecular weight is 147 g/mol. The van der Waals surface area contributed by atoms with Crippen molar-refractivity contribution < 1.29 is 0 Å². The van der Waals surface area contributed by atoms with Crippen molar-refractivity contribution in [2.24, 2.45) is 0 Å². The molecule has 0 saturated carbocycles. The Morgan fingerprint density at radius 2 is 2.22 bits per heavy atom. The topological polar surface area (TPSA) is 30.5 Å². The van der Waals surface area contributed by atoms with Gasteiger partial charge in [0.2, 0.25) is 0 Å². The summed E-state index contributed by atoms with van der Waals surface area (Å²) in [5.41, 5.74) is 5.99. The van der Waals surface area contributed by atoms with Crippen LogP contribution in [0.5, 0.6) is 0 Å². The molecular weight excluding hydrogens is 136 g/mol. The van der Waals surface area contributed by atoms with Crippen LogP contribution >= 0.6 is 11.8 Å². The third kappa shape index (κ3) is 1.56. The Hall–Kier alpha value is 0.190. The van der Waals surface area contributed by atoms with Crippen LogP contribution in [0.15, 0.2) is 0 Å². The fourth-order valence-corrected chi connectivity index (χ4v) is 1.46. The van der Waals surface area contributed by atoms with Gasteiger partial charge in [-0.05, 0) is 0 Å². The Balaban J connectivity index is 2.32. The van der Waals surface area contributed by atoms with Crippen LogP contribution in [0.1, 0.15) is 0 Å². The van der Waals surface area contributed by atoms with Gasteiger partial charge < -0.3 is 0 Å². The molecule has 1 fully saturated rings. The minimum absolute atomic E-state index is 0.956. The molecule has 0 aromatic carbocycles. The number of rotatable bonds is 2. The highest BCUT2D eigenvalue weighted by Crippen LogP contribution is 2.18. The van der Waals surface area contributed by atoms with Crippen LogP contribution in [-0.2, 0) is 0 Å². The standard InChI is InChI=1S/C4H11N4S/c1-5-7-3-9-4-8(7)6-2/h3,5-6H,4H2,1-2H3. The van der Waals surface area contributed by atoms with Gasteiger partial charge in [0.25, 0.3) is 0 Å². The van der Waals surface area contributed by atoms with E-state index >= 15 is 0 Å². The molecule has 53 valence electrons. The first-order chi connectivity index (χ1) is 4.38. The van der Waals surface area contributed by atoms with Gasteiger partial charge in [0, 0.05) is 14.1 Å². The maximum Gasteiger partial charge on any atom is 0.116 e. The highest BCUT2D eigenvalue weighted by Gasteiger charge is 2.19. The van der Waals surface area contributed by atoms with Gasteiger partial charge in [0.05, 0.1) is 5.88 Å². The van der Waals surface area contributed by atoms with Gasteiger partial charge >= 0.3 is 0 Å². The summed E-state index contributed by atoms with van der Waals surface area (Å²) in [5, 5.41) is 3.86. The molecule has 5 heteroatoms. The molecule has 1 radical (unpaired) electrons. The van der Waals surface area contributed by atoms with E-state index in [-0.39, 0.29) is 0 Å². The Labute approximate surface area is 59.5 Å². The molecule has 1 aliphatic rings. The summed E-state index contributed by atoms with van der Waals surface area (Å²) in [6.07, 6.45) is 0. The highest BCUT2D eigenvalue weighted by atomic mass is 32.2. The van der Waals surface area contributed by atoms with Gasteiger partial charge in [-0.15, -0.1) is 16.9 Å². The number of hydrogen-bond acceptors (Lipinski definition) is 5. The van der Waals surface area contributed by atoms with Crippen LogP contribution in [0, 0.1) is 5.88 Å². The molecule has 9 heavy (non-hydrogen) atoms. The number of nitrogens with zero attached hydrogens (tertiary/aromatic N) is 2. The van der Waals surface area contributed by atoms with Gasteiger partial charge in [-0.2, -0.15) is 5.12 Å². The lowest BCUT2D eigenvalue weighted by Crippen LogP contribution is -2.48. The smallest absolute Gasteiger partial charge is 0.116 e. The molecule has 0 amide bonds. The van der Waals surface area contributed by atoms with Crippen LogP contribution in [0.25, 0.3) is 0 Å². The third-order valence-corrected chi connectivity index (χ3v) is 1.86. The molecular formula is C4H11N4S. The molecule has 0 aromatic heterocycles. The second-order valence-corrected chi connectivity index (χ2v) is 2.39. The predicted molar refractivity (Wildman–Crippen MR) is 38.6 cm³/mol. The molecule has 1 saturated heterocycles. The Morgan fingerprint density at radius 3 is 2.67 bits per heavy atom. The van der Waals surface area contributed by atoms with E-state index < -0.39 is 0 Å². The lowest BCUT2D eigenvalue weighted by molar-refractivity contribution is -0.0334. The van der Waals surface area contributed by atoms with Crippen molar-refractivity contribution >= 4 is 11.8 Å². The molecule has 1 aliphatic heterocycles. The van der Waals surface area contributed by atoms with Crippen LogP contribution in [-0.4, -0.2) is 30.2 Å². The van der Waals surface area contributed by atoms with E-state index in [0.29, 0.717) is 0 Å². The fraction of sp³-hybridized carbons (Fsp3) is 0.750. The van der Waals surface area contributed by atoms with E-state index in [1.165, 1.54) is 0 Å². The molecule has 1 rings (SSSR count). The fourth-order valence-electron chi connectivity index (χ4n) is 0.639. The number of nitrogens with one attached hydrogen (secondary N) is 2. The second-order valence-electron chi connectivity index (χ2n) is 1.59. The molecule has 1 heterocycles. The van der Waals surface area contributed by atoms with Crippen LogP contribution in [0.3, 0.4) is 0 Å². The summed E-state index contributed by atoms with van der Waals surface area (Å²) in [6.45, 7) is 0. The van der Waals surface area contributed by atoms with Gasteiger partial charge in [-0.25, -0.2) is 10.9 Å².